The summed E-state index contributed by atoms with van der Waals surface area (Å²) in [4.78, 5) is 60.3. The molecular weight excluding hydrogens is 2000 g/mol. The molecule has 20 aromatic rings. The number of aliphatic hydroxyl groups excluding tert-OH is 2. The molecule has 0 spiro atoms. The summed E-state index contributed by atoms with van der Waals surface area (Å²) in [5.41, 5.74) is 7.55. The van der Waals surface area contributed by atoms with Crippen LogP contribution in [0.3, 0.4) is 0 Å². The standard InChI is InChI=1S/C24H20N6O3.4C18H15P.C16H13N5O.C10H13BO4.CH4.Pd/c1-29(22-7-2-16(13-25)14-27-22)24(33)19-8-10-30-21(12-19)20(15-28-30)17-3-5-18(6-4-17)23(32)26-9-11-31;4*1-4-10-16(11-5-1)19(17-12-6-2-7-13-17)18-14-8-3-9-15-18;1-11-9-19-21-6-5-13(7-14(11)21)16(22)20(2)15-4-3-12(8-17)10-18-15;12-7-1-2-10(13)8-3-5-9(6-4-8)11(14)15;;/h2-8,10,12,14-15,31H,9,11H2,1H3,(H,26,32);4*1-15H;3-7,9-10H,1-2H3;3-6,12,14-15H,1-2,7H2;1H4;. The zero-order chi connectivity index (χ0) is 102. The number of nitrogens with zero attached hydrogens (tertiary/aromatic N) is 10. The second-order valence-electron chi connectivity index (χ2n) is 32.8. The average Bonchev–Trinajstić information content (AvgIpc) is 1.65. The number of benzene rings is 14. The number of aromatic nitrogens is 6. The summed E-state index contributed by atoms with van der Waals surface area (Å²) in [6.07, 6.45) is 10.6. The van der Waals surface area contributed by atoms with E-state index in [9.17, 15) is 19.2 Å². The number of rotatable bonds is 25. The van der Waals surface area contributed by atoms with Gasteiger partial charge in [-0.25, -0.2) is 19.0 Å². The van der Waals surface area contributed by atoms with Crippen LogP contribution in [0.4, 0.5) is 11.6 Å². The van der Waals surface area contributed by atoms with Crippen LogP contribution in [0, 0.1) is 29.6 Å². The topological polar surface area (TPSA) is 276 Å². The zero-order valence-electron chi connectivity index (χ0n) is 81.0. The largest absolute Gasteiger partial charge is 0.488 e. The molecule has 0 radical (unpaired) electrons. The van der Waals surface area contributed by atoms with E-state index in [2.05, 4.69) is 389 Å². The molecule has 0 aliphatic rings. The number of aliphatic hydroxyl groups is 2. The molecule has 25 heteroatoms. The molecule has 0 atom stereocenters. The van der Waals surface area contributed by atoms with Gasteiger partial charge in [-0.15, -0.1) is 0 Å². The molecule has 6 heterocycles. The molecule has 0 saturated heterocycles. The van der Waals surface area contributed by atoms with Crippen molar-refractivity contribution >= 4 is 154 Å². The van der Waals surface area contributed by atoms with Gasteiger partial charge in [0.25, 0.3) is 17.7 Å². The Morgan fingerprint density at radius 3 is 0.905 bits per heavy atom. The maximum atomic E-state index is 13.0. The van der Waals surface area contributed by atoms with Gasteiger partial charge >= 0.3 is 7.12 Å². The Labute approximate surface area is 883 Å². The van der Waals surface area contributed by atoms with Crippen LogP contribution in [0.15, 0.2) is 498 Å². The third-order valence-corrected chi connectivity index (χ3v) is 32.7. The monoisotopic (exact) mass is 2110 g/mol. The summed E-state index contributed by atoms with van der Waals surface area (Å²) < 4.78 is 3.40. The Balaban J connectivity index is 0.000000155. The third kappa shape index (κ3) is 31.1. The summed E-state index contributed by atoms with van der Waals surface area (Å²) in [6, 6.07) is 160. The van der Waals surface area contributed by atoms with E-state index in [1.165, 1.54) is 98.0 Å². The van der Waals surface area contributed by atoms with Crippen LogP contribution in [-0.4, -0.2) is 114 Å². The van der Waals surface area contributed by atoms with Crippen LogP contribution < -0.4 is 84.2 Å². The fourth-order valence-corrected chi connectivity index (χ4v) is 24.7. The summed E-state index contributed by atoms with van der Waals surface area (Å²) >= 11 is 0. The van der Waals surface area contributed by atoms with E-state index in [4.69, 9.17) is 30.8 Å². The first-order chi connectivity index (χ1) is 71.6. The molecule has 6 aromatic heterocycles. The Kier molecular flexibility index (Phi) is 43.7. The number of nitriles is 2. The normalized spacial score (nSPS) is 10.4. The number of anilines is 2. The summed E-state index contributed by atoms with van der Waals surface area (Å²) in [7, 11) is -0.0111. The molecule has 0 fully saturated rings. The SMILES string of the molecule is C.CN(C(=O)c1ccn2ncc(-c3ccc(C(=O)NCCO)cc3)c2c1)c1ccc(C#N)cn1.Cc1cnn2ccc(C(=O)N(C)c3ccc(C#N)cn3)cc12.O=C(CCCO)c1ccc(B(O)O)cc1.[Pd].c1ccc(P(c2ccccc2)c2ccccc2)cc1.c1ccc(P(c2ccccc2)c2ccccc2)cc1.c1ccc(P(c2ccccc2)c2ccccc2)cc1.c1ccc(P(c2ccccc2)c2ccccc2)cc1. The first-order valence-corrected chi connectivity index (χ1v) is 52.5. The molecule has 5 N–H and O–H groups in total. The number of amides is 3. The minimum absolute atomic E-state index is 0. The van der Waals surface area contributed by atoms with Crippen LogP contribution in [0.1, 0.15) is 78.4 Å². The zero-order valence-corrected chi connectivity index (χ0v) is 86.1. The van der Waals surface area contributed by atoms with Crippen LogP contribution >= 0.6 is 31.7 Å². The van der Waals surface area contributed by atoms with Gasteiger partial charge in [-0.1, -0.05) is 408 Å². The Bertz CT molecular complexity index is 6710. The molecule has 19 nitrogen and oxygen atoms in total. The molecule has 0 aliphatic carbocycles. The number of nitrogens with one attached hydrogen (secondary N) is 1. The molecular formula is C123H110BN11O8P4Pd. The van der Waals surface area contributed by atoms with Crippen molar-refractivity contribution in [3.8, 4) is 23.3 Å². The smallest absolute Gasteiger partial charge is 0.423 e. The number of carbonyl (C=O) groups is 4. The van der Waals surface area contributed by atoms with Crippen LogP contribution in [0.5, 0.6) is 0 Å². The minimum atomic E-state index is -1.51. The van der Waals surface area contributed by atoms with Crippen molar-refractivity contribution in [2.45, 2.75) is 27.2 Å². The summed E-state index contributed by atoms with van der Waals surface area (Å²) in [5.74, 6) is 0.195. The number of aryl methyl sites for hydroxylation is 1. The van der Waals surface area contributed by atoms with E-state index in [-0.39, 0.29) is 71.1 Å². The van der Waals surface area contributed by atoms with E-state index in [1.807, 2.05) is 37.3 Å². The molecule has 0 saturated carbocycles. The predicted molar refractivity (Wildman–Crippen MR) is 608 cm³/mol. The van der Waals surface area contributed by atoms with Gasteiger partial charge < -0.3 is 25.6 Å². The van der Waals surface area contributed by atoms with Gasteiger partial charge in [0.15, 0.2) is 5.78 Å². The van der Waals surface area contributed by atoms with Crippen molar-refractivity contribution in [2.24, 2.45) is 0 Å². The molecule has 0 unspecified atom stereocenters. The number of hydrogen-bond acceptors (Lipinski definition) is 14. The number of ketones is 1. The second kappa shape index (κ2) is 58.3. The van der Waals surface area contributed by atoms with E-state index in [0.717, 1.165) is 27.7 Å². The van der Waals surface area contributed by atoms with E-state index < -0.39 is 38.8 Å². The van der Waals surface area contributed by atoms with Crippen LogP contribution in [0.25, 0.3) is 22.2 Å². The average molecular weight is 2110 g/mol. The van der Waals surface area contributed by atoms with Crippen LogP contribution in [0.2, 0.25) is 0 Å². The van der Waals surface area contributed by atoms with Gasteiger partial charge in [0.1, 0.15) is 23.8 Å². The van der Waals surface area contributed by atoms with E-state index in [1.54, 1.807) is 115 Å². The predicted octanol–water partition coefficient (Wildman–Crippen LogP) is 18.2. The number of fused-ring (bicyclic) bond motifs is 2. The molecule has 0 bridgehead atoms. The molecule has 148 heavy (non-hydrogen) atoms. The van der Waals surface area contributed by atoms with Gasteiger partial charge in [0.2, 0.25) is 0 Å². The Hall–Kier alpha value is -15.9. The fraction of sp³-hybridized carbons (Fsp3) is 0.0732. The van der Waals surface area contributed by atoms with Crippen molar-refractivity contribution < 1.29 is 59.9 Å². The Morgan fingerprint density at radius 2 is 0.635 bits per heavy atom. The maximum absolute atomic E-state index is 13.0. The summed E-state index contributed by atoms with van der Waals surface area (Å²) in [5, 5.41) is 80.7. The molecule has 20 rings (SSSR count). The fourth-order valence-electron chi connectivity index (χ4n) is 15.5. The first kappa shape index (κ1) is 111. The van der Waals surface area contributed by atoms with Gasteiger partial charge in [-0.2, -0.15) is 20.7 Å². The Morgan fingerprint density at radius 1 is 0.351 bits per heavy atom. The van der Waals surface area contributed by atoms with Crippen molar-refractivity contribution in [2.75, 3.05) is 43.7 Å². The van der Waals surface area contributed by atoms with Crippen molar-refractivity contribution in [1.82, 2.24) is 34.5 Å². The van der Waals surface area contributed by atoms with Gasteiger partial charge in [-0.05, 0) is 186 Å². The molecule has 3 amide bonds. The molecule has 738 valence electrons. The number of Topliss-reactive ketones (excluding diaryl/α,β-unsaturated/α-hetero) is 1. The third-order valence-electron chi connectivity index (χ3n) is 22.9. The molecule has 14 aromatic carbocycles. The number of carbonyl (C=O) groups excluding carboxylic acids is 4. The quantitative estimate of drug-likeness (QED) is 0.0202. The number of pyridine rings is 4. The maximum Gasteiger partial charge on any atom is 0.488 e. The minimum Gasteiger partial charge on any atom is -0.423 e. The molecule has 0 aliphatic heterocycles. The van der Waals surface area contributed by atoms with E-state index >= 15 is 0 Å². The first-order valence-electron chi connectivity index (χ1n) is 47.2. The van der Waals surface area contributed by atoms with Crippen molar-refractivity contribution in [3.63, 3.8) is 0 Å². The van der Waals surface area contributed by atoms with Crippen molar-refractivity contribution in [3.05, 3.63) is 537 Å². The summed E-state index contributed by atoms with van der Waals surface area (Å²) in [6.45, 7) is 2.02. The van der Waals surface area contributed by atoms with Gasteiger partial charge in [0, 0.05) is 107 Å². The van der Waals surface area contributed by atoms with Gasteiger partial charge in [-0.3, -0.25) is 29.0 Å². The van der Waals surface area contributed by atoms with Crippen LogP contribution in [-0.2, 0) is 20.4 Å². The van der Waals surface area contributed by atoms with Gasteiger partial charge in [0.05, 0.1) is 41.2 Å². The van der Waals surface area contributed by atoms with Crippen molar-refractivity contribution in [1.29, 1.82) is 10.5 Å². The van der Waals surface area contributed by atoms with E-state index in [0.29, 0.717) is 63.3 Å². The number of hydrogen-bond donors (Lipinski definition) is 5. The second-order valence-corrected chi connectivity index (χ2v) is 41.7.